The lowest BCUT2D eigenvalue weighted by molar-refractivity contribution is 0.159. The molecule has 1 aliphatic rings. The summed E-state index contributed by atoms with van der Waals surface area (Å²) in [5, 5.41) is 10.7. The predicted octanol–water partition coefficient (Wildman–Crippen LogP) is 3.55. The minimum absolute atomic E-state index is 0.0446. The van der Waals surface area contributed by atoms with Gasteiger partial charge in [0.2, 0.25) is 0 Å². The Kier molecular flexibility index (Phi) is 3.67. The van der Waals surface area contributed by atoms with Gasteiger partial charge in [0.15, 0.2) is 11.5 Å². The zero-order valence-corrected chi connectivity index (χ0v) is 12.1. The van der Waals surface area contributed by atoms with Crippen LogP contribution in [0.4, 0.5) is 0 Å². The van der Waals surface area contributed by atoms with Crippen LogP contribution in [-0.4, -0.2) is 19.3 Å². The summed E-state index contributed by atoms with van der Waals surface area (Å²) in [5.41, 5.74) is 2.93. The Bertz CT molecular complexity index is 662. The molecule has 0 radical (unpaired) electrons. The fourth-order valence-corrected chi connectivity index (χ4v) is 2.79. The highest BCUT2D eigenvalue weighted by atomic mass is 16.5. The second-order valence-corrected chi connectivity index (χ2v) is 5.08. The van der Waals surface area contributed by atoms with Gasteiger partial charge in [-0.15, -0.1) is 0 Å². The predicted molar refractivity (Wildman–Crippen MR) is 82.7 cm³/mol. The largest absolute Gasteiger partial charge is 0.493 e. The highest BCUT2D eigenvalue weighted by molar-refractivity contribution is 5.64. The third-order valence-electron chi connectivity index (χ3n) is 3.92. The van der Waals surface area contributed by atoms with Crippen molar-refractivity contribution >= 4 is 6.08 Å². The molecule has 0 spiro atoms. The first-order valence-corrected chi connectivity index (χ1v) is 6.91. The maximum absolute atomic E-state index is 10.7. The maximum atomic E-state index is 10.7. The normalized spacial score (nSPS) is 20.0. The molecular weight excluding hydrogens is 264 g/mol. The van der Waals surface area contributed by atoms with Gasteiger partial charge in [-0.25, -0.2) is 0 Å². The Balaban J connectivity index is 2.04. The van der Waals surface area contributed by atoms with Gasteiger partial charge in [-0.3, -0.25) is 0 Å². The maximum Gasteiger partial charge on any atom is 0.161 e. The van der Waals surface area contributed by atoms with Gasteiger partial charge < -0.3 is 14.6 Å². The standard InChI is InChI=1S/C18H18O3/c1-20-16-10-13-8-9-14(12-6-4-3-5-7-12)18(19)15(13)11-17(16)21-2/h3-11,14,18-19H,1-2H3/t14-,18+/m0/s1. The molecule has 3 heteroatoms. The van der Waals surface area contributed by atoms with Gasteiger partial charge in [-0.2, -0.15) is 0 Å². The van der Waals surface area contributed by atoms with Crippen molar-refractivity contribution in [2.75, 3.05) is 14.2 Å². The van der Waals surface area contributed by atoms with E-state index < -0.39 is 6.10 Å². The van der Waals surface area contributed by atoms with Crippen LogP contribution in [0.25, 0.3) is 6.08 Å². The molecule has 0 fully saturated rings. The number of methoxy groups -OCH3 is 2. The first-order chi connectivity index (χ1) is 10.2. The molecule has 0 unspecified atom stereocenters. The Labute approximate surface area is 124 Å². The second-order valence-electron chi connectivity index (χ2n) is 5.08. The summed E-state index contributed by atoms with van der Waals surface area (Å²) in [6, 6.07) is 13.8. The monoisotopic (exact) mass is 282 g/mol. The van der Waals surface area contributed by atoms with Gasteiger partial charge in [0.25, 0.3) is 0 Å². The highest BCUT2D eigenvalue weighted by Gasteiger charge is 2.27. The number of ether oxygens (including phenoxy) is 2. The number of hydrogen-bond acceptors (Lipinski definition) is 3. The topological polar surface area (TPSA) is 38.7 Å². The lowest BCUT2D eigenvalue weighted by Gasteiger charge is -2.27. The van der Waals surface area contributed by atoms with Crippen molar-refractivity contribution < 1.29 is 14.6 Å². The van der Waals surface area contributed by atoms with E-state index in [4.69, 9.17) is 9.47 Å². The van der Waals surface area contributed by atoms with Gasteiger partial charge in [0.05, 0.1) is 20.3 Å². The van der Waals surface area contributed by atoms with Gasteiger partial charge in [-0.05, 0) is 28.8 Å². The van der Waals surface area contributed by atoms with E-state index >= 15 is 0 Å². The van der Waals surface area contributed by atoms with Crippen LogP contribution in [0.1, 0.15) is 28.7 Å². The van der Waals surface area contributed by atoms with E-state index in [0.717, 1.165) is 16.7 Å². The molecule has 2 aromatic carbocycles. The fraction of sp³-hybridized carbons (Fsp3) is 0.222. The van der Waals surface area contributed by atoms with Crippen LogP contribution in [0.2, 0.25) is 0 Å². The summed E-state index contributed by atoms with van der Waals surface area (Å²) in [6.07, 6.45) is 3.47. The smallest absolute Gasteiger partial charge is 0.161 e. The first-order valence-electron chi connectivity index (χ1n) is 6.91. The number of aliphatic hydroxyl groups is 1. The molecule has 0 saturated carbocycles. The summed E-state index contributed by atoms with van der Waals surface area (Å²) >= 11 is 0. The molecule has 2 aromatic rings. The minimum atomic E-state index is -0.591. The van der Waals surface area contributed by atoms with Crippen LogP contribution in [0.15, 0.2) is 48.5 Å². The van der Waals surface area contributed by atoms with E-state index in [2.05, 4.69) is 0 Å². The highest BCUT2D eigenvalue weighted by Crippen LogP contribution is 2.42. The molecule has 0 aliphatic heterocycles. The number of hydrogen-bond donors (Lipinski definition) is 1. The molecule has 0 bridgehead atoms. The number of fused-ring (bicyclic) bond motifs is 1. The molecule has 2 atom stereocenters. The average Bonchev–Trinajstić information content (AvgIpc) is 2.55. The molecule has 0 amide bonds. The molecule has 21 heavy (non-hydrogen) atoms. The fourth-order valence-electron chi connectivity index (χ4n) is 2.79. The van der Waals surface area contributed by atoms with Crippen molar-refractivity contribution in [1.29, 1.82) is 0 Å². The van der Waals surface area contributed by atoms with Gasteiger partial charge in [-0.1, -0.05) is 42.5 Å². The number of rotatable bonds is 3. The van der Waals surface area contributed by atoms with Crippen molar-refractivity contribution in [3.05, 3.63) is 65.2 Å². The van der Waals surface area contributed by atoms with Crippen molar-refractivity contribution in [2.45, 2.75) is 12.0 Å². The van der Waals surface area contributed by atoms with E-state index in [1.807, 2.05) is 54.6 Å². The van der Waals surface area contributed by atoms with E-state index in [9.17, 15) is 5.11 Å². The van der Waals surface area contributed by atoms with Crippen LogP contribution in [0.5, 0.6) is 11.5 Å². The van der Waals surface area contributed by atoms with E-state index in [-0.39, 0.29) is 5.92 Å². The van der Waals surface area contributed by atoms with Gasteiger partial charge in [0.1, 0.15) is 0 Å². The van der Waals surface area contributed by atoms with Crippen molar-refractivity contribution in [3.63, 3.8) is 0 Å². The summed E-state index contributed by atoms with van der Waals surface area (Å²) in [4.78, 5) is 0. The third kappa shape index (κ3) is 2.41. The van der Waals surface area contributed by atoms with E-state index in [1.165, 1.54) is 0 Å². The molecule has 1 aliphatic carbocycles. The Morgan fingerprint density at radius 3 is 2.29 bits per heavy atom. The Morgan fingerprint density at radius 1 is 0.952 bits per heavy atom. The van der Waals surface area contributed by atoms with E-state index in [0.29, 0.717) is 11.5 Å². The first kappa shape index (κ1) is 13.7. The summed E-state index contributed by atoms with van der Waals surface area (Å²) in [5.74, 6) is 1.26. The van der Waals surface area contributed by atoms with Crippen molar-refractivity contribution in [1.82, 2.24) is 0 Å². The summed E-state index contributed by atoms with van der Waals surface area (Å²) < 4.78 is 10.6. The molecular formula is C18H18O3. The van der Waals surface area contributed by atoms with Crippen LogP contribution in [0.3, 0.4) is 0 Å². The van der Waals surface area contributed by atoms with Crippen LogP contribution >= 0.6 is 0 Å². The minimum Gasteiger partial charge on any atom is -0.493 e. The zero-order chi connectivity index (χ0) is 14.8. The Morgan fingerprint density at radius 2 is 1.62 bits per heavy atom. The molecule has 3 nitrogen and oxygen atoms in total. The van der Waals surface area contributed by atoms with Crippen LogP contribution in [0, 0.1) is 0 Å². The van der Waals surface area contributed by atoms with Gasteiger partial charge in [0, 0.05) is 5.92 Å². The Hall–Kier alpha value is -2.26. The van der Waals surface area contributed by atoms with Crippen molar-refractivity contribution in [2.24, 2.45) is 0 Å². The third-order valence-corrected chi connectivity index (χ3v) is 3.92. The molecule has 0 aromatic heterocycles. The molecule has 1 N–H and O–H groups in total. The molecule has 108 valence electrons. The van der Waals surface area contributed by atoms with Crippen LogP contribution < -0.4 is 9.47 Å². The van der Waals surface area contributed by atoms with Crippen molar-refractivity contribution in [3.8, 4) is 11.5 Å². The quantitative estimate of drug-likeness (QED) is 0.935. The average molecular weight is 282 g/mol. The molecule has 0 heterocycles. The summed E-state index contributed by atoms with van der Waals surface area (Å²) in [7, 11) is 3.21. The second kappa shape index (κ2) is 5.62. The lowest BCUT2D eigenvalue weighted by Crippen LogP contribution is -2.14. The zero-order valence-electron chi connectivity index (χ0n) is 12.1. The van der Waals surface area contributed by atoms with Crippen LogP contribution in [-0.2, 0) is 0 Å². The number of benzene rings is 2. The van der Waals surface area contributed by atoms with Gasteiger partial charge >= 0.3 is 0 Å². The summed E-state index contributed by atoms with van der Waals surface area (Å²) in [6.45, 7) is 0. The molecule has 3 rings (SSSR count). The lowest BCUT2D eigenvalue weighted by atomic mass is 9.82. The molecule has 0 saturated heterocycles. The SMILES string of the molecule is COc1cc2c(cc1OC)[C@H](O)[C@H](c1ccccc1)C=C2. The number of aliphatic hydroxyl groups excluding tert-OH is 1. The van der Waals surface area contributed by atoms with E-state index in [1.54, 1.807) is 14.2 Å².